The Balaban J connectivity index is 1.21. The van der Waals surface area contributed by atoms with Crippen molar-refractivity contribution in [2.45, 2.75) is 31.9 Å². The summed E-state index contributed by atoms with van der Waals surface area (Å²) in [6.45, 7) is 4.89. The molecule has 3 N–H and O–H groups in total. The van der Waals surface area contributed by atoms with Gasteiger partial charge in [0.1, 0.15) is 30.4 Å². The van der Waals surface area contributed by atoms with E-state index in [1.165, 1.54) is 28.3 Å². The fourth-order valence-electron chi connectivity index (χ4n) is 4.55. The highest BCUT2D eigenvalue weighted by molar-refractivity contribution is 5.96. The molecular formula is C30H31N3O3. The lowest BCUT2D eigenvalue weighted by Crippen LogP contribution is -2.46. The first-order valence-corrected chi connectivity index (χ1v) is 12.2. The van der Waals surface area contributed by atoms with Crippen molar-refractivity contribution in [1.29, 1.82) is 0 Å². The fraction of sp³-hybridized carbons (Fsp3) is 0.233. The highest BCUT2D eigenvalue weighted by Crippen LogP contribution is 2.31. The van der Waals surface area contributed by atoms with E-state index in [2.05, 4.69) is 78.0 Å². The molecule has 6 nitrogen and oxygen atoms in total. The average Bonchev–Trinajstić information content (AvgIpc) is 3.57. The molecule has 0 bridgehead atoms. The molecule has 2 heterocycles. The molecule has 5 aromatic rings. The van der Waals surface area contributed by atoms with Gasteiger partial charge in [0.2, 0.25) is 0 Å². The molecule has 6 heteroatoms. The van der Waals surface area contributed by atoms with Crippen molar-refractivity contribution in [2.75, 3.05) is 13.2 Å². The van der Waals surface area contributed by atoms with Crippen molar-refractivity contribution in [1.82, 2.24) is 15.5 Å². The quantitative estimate of drug-likeness (QED) is 0.233. The van der Waals surface area contributed by atoms with Gasteiger partial charge in [-0.05, 0) is 43.5 Å². The monoisotopic (exact) mass is 481 g/mol. The second-order valence-electron chi connectivity index (χ2n) is 9.70. The summed E-state index contributed by atoms with van der Waals surface area (Å²) in [5.74, 6) is 0.665. The highest BCUT2D eigenvalue weighted by Gasteiger charge is 2.22. The second kappa shape index (κ2) is 10.4. The Hall–Kier alpha value is -3.87. The Labute approximate surface area is 210 Å². The number of benzene rings is 3. The summed E-state index contributed by atoms with van der Waals surface area (Å²) in [6.07, 6.45) is 3.78. The van der Waals surface area contributed by atoms with Crippen LogP contribution in [0.2, 0.25) is 0 Å². The lowest BCUT2D eigenvalue weighted by Gasteiger charge is -2.28. The maximum Gasteiger partial charge on any atom is 0.128 e. The summed E-state index contributed by atoms with van der Waals surface area (Å²) >= 11 is 0. The minimum Gasteiger partial charge on any atom is -0.490 e. The van der Waals surface area contributed by atoms with E-state index in [0.717, 1.165) is 17.5 Å². The number of fused-ring (bicyclic) bond motifs is 1. The van der Waals surface area contributed by atoms with Gasteiger partial charge in [-0.3, -0.25) is 0 Å². The number of ether oxygens (including phenoxy) is 1. The third-order valence-corrected chi connectivity index (χ3v) is 6.37. The number of β-amino-alcohol motifs (C(OH)–C–C–N with tert-alkyl or cyclic N) is 1. The van der Waals surface area contributed by atoms with Gasteiger partial charge in [0.05, 0.1) is 5.52 Å². The SMILES string of the molecule is CC(C)(Cc1c[nH]c2c(-c3ccccc3)cccc12)NC[C@H](O)COc1ccccc1-c1ccon1. The van der Waals surface area contributed by atoms with E-state index >= 15 is 0 Å². The van der Waals surface area contributed by atoms with Crippen molar-refractivity contribution < 1.29 is 14.4 Å². The van der Waals surface area contributed by atoms with Crippen LogP contribution in [0.5, 0.6) is 5.75 Å². The molecule has 0 aliphatic heterocycles. The van der Waals surface area contributed by atoms with Crippen LogP contribution < -0.4 is 10.1 Å². The van der Waals surface area contributed by atoms with Crippen molar-refractivity contribution >= 4 is 10.9 Å². The van der Waals surface area contributed by atoms with Gasteiger partial charge in [0, 0.05) is 40.9 Å². The van der Waals surface area contributed by atoms with Gasteiger partial charge < -0.3 is 24.7 Å². The first-order valence-electron chi connectivity index (χ1n) is 12.2. The molecular weight excluding hydrogens is 450 g/mol. The second-order valence-corrected chi connectivity index (χ2v) is 9.70. The first kappa shape index (κ1) is 23.9. The van der Waals surface area contributed by atoms with Crippen molar-refractivity contribution in [3.8, 4) is 28.1 Å². The van der Waals surface area contributed by atoms with Crippen LogP contribution in [-0.4, -0.2) is 40.0 Å². The van der Waals surface area contributed by atoms with Crippen LogP contribution in [0.4, 0.5) is 0 Å². The third kappa shape index (κ3) is 5.35. The van der Waals surface area contributed by atoms with Crippen LogP contribution >= 0.6 is 0 Å². The number of aromatic nitrogens is 2. The maximum absolute atomic E-state index is 10.6. The maximum atomic E-state index is 10.6. The van der Waals surface area contributed by atoms with Crippen LogP contribution in [0.15, 0.2) is 95.8 Å². The molecule has 0 saturated heterocycles. The zero-order chi connectivity index (χ0) is 25.0. The predicted molar refractivity (Wildman–Crippen MR) is 143 cm³/mol. The highest BCUT2D eigenvalue weighted by atomic mass is 16.5. The number of nitrogens with one attached hydrogen (secondary N) is 2. The largest absolute Gasteiger partial charge is 0.490 e. The topological polar surface area (TPSA) is 83.3 Å². The summed E-state index contributed by atoms with van der Waals surface area (Å²) in [7, 11) is 0. The smallest absolute Gasteiger partial charge is 0.128 e. The van der Waals surface area contributed by atoms with Crippen molar-refractivity contribution in [3.05, 3.63) is 96.9 Å². The predicted octanol–water partition coefficient (Wildman–Crippen LogP) is 5.84. The van der Waals surface area contributed by atoms with Gasteiger partial charge in [0.25, 0.3) is 0 Å². The zero-order valence-corrected chi connectivity index (χ0v) is 20.6. The number of aliphatic hydroxyl groups is 1. The van der Waals surface area contributed by atoms with Gasteiger partial charge >= 0.3 is 0 Å². The number of hydrogen-bond acceptors (Lipinski definition) is 5. The minimum atomic E-state index is -0.665. The Morgan fingerprint density at radius 2 is 1.75 bits per heavy atom. The third-order valence-electron chi connectivity index (χ3n) is 6.37. The summed E-state index contributed by atoms with van der Waals surface area (Å²) in [6, 6.07) is 26.3. The van der Waals surface area contributed by atoms with Gasteiger partial charge in [0.15, 0.2) is 0 Å². The Bertz CT molecular complexity index is 1410. The van der Waals surface area contributed by atoms with Crippen LogP contribution in [0, 0.1) is 0 Å². The molecule has 0 unspecified atom stereocenters. The normalized spacial score (nSPS) is 12.6. The molecule has 0 fully saturated rings. The van der Waals surface area contributed by atoms with Crippen LogP contribution in [0.25, 0.3) is 33.3 Å². The Kier molecular flexibility index (Phi) is 6.89. The number of aromatic amines is 1. The van der Waals surface area contributed by atoms with E-state index in [4.69, 9.17) is 9.26 Å². The van der Waals surface area contributed by atoms with E-state index in [0.29, 0.717) is 18.0 Å². The molecule has 0 radical (unpaired) electrons. The molecule has 0 aliphatic carbocycles. The van der Waals surface area contributed by atoms with Crippen molar-refractivity contribution in [3.63, 3.8) is 0 Å². The Morgan fingerprint density at radius 1 is 0.972 bits per heavy atom. The van der Waals surface area contributed by atoms with Gasteiger partial charge in [-0.25, -0.2) is 0 Å². The van der Waals surface area contributed by atoms with E-state index in [-0.39, 0.29) is 12.1 Å². The van der Waals surface area contributed by atoms with E-state index in [1.54, 1.807) is 6.07 Å². The minimum absolute atomic E-state index is 0.172. The van der Waals surface area contributed by atoms with Crippen LogP contribution in [0.1, 0.15) is 19.4 Å². The molecule has 1 atom stereocenters. The molecule has 2 aromatic heterocycles. The molecule has 0 aliphatic rings. The van der Waals surface area contributed by atoms with Gasteiger partial charge in [-0.2, -0.15) is 0 Å². The number of para-hydroxylation sites is 2. The lowest BCUT2D eigenvalue weighted by molar-refractivity contribution is 0.0991. The standard InChI is InChI=1S/C30H31N3O3/c1-30(2,17-22-18-31-29-24(12-8-13-25(22)29)21-9-4-3-5-10-21)32-19-23(34)20-35-28-14-7-6-11-26(28)27-15-16-36-33-27/h3-16,18,23,31-32,34H,17,19-20H2,1-2H3/t23-/m0/s1. The first-order chi connectivity index (χ1) is 17.5. The van der Waals surface area contributed by atoms with Gasteiger partial charge in [-0.15, -0.1) is 0 Å². The van der Waals surface area contributed by atoms with E-state index < -0.39 is 6.10 Å². The summed E-state index contributed by atoms with van der Waals surface area (Å²) in [5.41, 5.74) is 6.10. The molecule has 3 aromatic carbocycles. The van der Waals surface area contributed by atoms with Crippen molar-refractivity contribution in [2.24, 2.45) is 0 Å². The van der Waals surface area contributed by atoms with Crippen LogP contribution in [-0.2, 0) is 6.42 Å². The molecule has 5 rings (SSSR count). The van der Waals surface area contributed by atoms with E-state index in [9.17, 15) is 5.11 Å². The summed E-state index contributed by atoms with van der Waals surface area (Å²) in [5, 5.41) is 19.4. The molecule has 36 heavy (non-hydrogen) atoms. The number of hydrogen-bond donors (Lipinski definition) is 3. The fourth-order valence-corrected chi connectivity index (χ4v) is 4.55. The molecule has 0 spiro atoms. The van der Waals surface area contributed by atoms with Gasteiger partial charge in [-0.1, -0.05) is 65.8 Å². The average molecular weight is 482 g/mol. The molecule has 184 valence electrons. The number of aliphatic hydroxyl groups excluding tert-OH is 1. The number of H-pyrrole nitrogens is 1. The Morgan fingerprint density at radius 3 is 2.56 bits per heavy atom. The number of rotatable bonds is 10. The number of nitrogens with zero attached hydrogens (tertiary/aromatic N) is 1. The zero-order valence-electron chi connectivity index (χ0n) is 20.6. The van der Waals surface area contributed by atoms with E-state index in [1.807, 2.05) is 30.3 Å². The molecule has 0 saturated carbocycles. The van der Waals surface area contributed by atoms with Crippen LogP contribution in [0.3, 0.4) is 0 Å². The lowest BCUT2D eigenvalue weighted by atomic mass is 9.93. The molecule has 0 amide bonds. The summed E-state index contributed by atoms with van der Waals surface area (Å²) < 4.78 is 10.9. The summed E-state index contributed by atoms with van der Waals surface area (Å²) in [4.78, 5) is 3.49.